The normalized spacial score (nSPS) is 17.9. The zero-order valence-corrected chi connectivity index (χ0v) is 16.1. The van der Waals surface area contributed by atoms with Crippen molar-refractivity contribution < 1.29 is 9.84 Å². The van der Waals surface area contributed by atoms with Crippen molar-refractivity contribution in [3.05, 3.63) is 29.8 Å². The van der Waals surface area contributed by atoms with Gasteiger partial charge in [-0.2, -0.15) is 0 Å². The van der Waals surface area contributed by atoms with Crippen LogP contribution in [0.1, 0.15) is 59.4 Å². The van der Waals surface area contributed by atoms with Gasteiger partial charge in [-0.15, -0.1) is 0 Å². The molecule has 1 unspecified atom stereocenters. The summed E-state index contributed by atoms with van der Waals surface area (Å²) in [4.78, 5) is 2.31. The third kappa shape index (κ3) is 6.10. The number of rotatable bonds is 7. The van der Waals surface area contributed by atoms with Crippen molar-refractivity contribution >= 4 is 0 Å². The minimum Gasteiger partial charge on any atom is -0.491 e. The Hall–Kier alpha value is -1.06. The average Bonchev–Trinajstić information content (AvgIpc) is 2.96. The van der Waals surface area contributed by atoms with E-state index < -0.39 is 6.10 Å². The van der Waals surface area contributed by atoms with Crippen LogP contribution >= 0.6 is 0 Å². The highest BCUT2D eigenvalue weighted by atomic mass is 16.5. The highest BCUT2D eigenvalue weighted by Crippen LogP contribution is 2.36. The van der Waals surface area contributed by atoms with Crippen LogP contribution < -0.4 is 4.74 Å². The summed E-state index contributed by atoms with van der Waals surface area (Å²) in [6, 6.07) is 8.38. The fraction of sp³-hybridized carbons (Fsp3) is 0.714. The molecule has 0 spiro atoms. The molecule has 24 heavy (non-hydrogen) atoms. The molecule has 1 fully saturated rings. The third-order valence-electron chi connectivity index (χ3n) is 4.72. The van der Waals surface area contributed by atoms with Gasteiger partial charge in [-0.05, 0) is 60.9 Å². The molecule has 1 aliphatic heterocycles. The number of likely N-dealkylation sites (tertiary alicyclic amines) is 1. The van der Waals surface area contributed by atoms with Crippen LogP contribution in [0.4, 0.5) is 0 Å². The average molecular weight is 334 g/mol. The molecule has 0 amide bonds. The summed E-state index contributed by atoms with van der Waals surface area (Å²) in [6.45, 7) is 14.7. The molecule has 3 nitrogen and oxygen atoms in total. The first kappa shape index (κ1) is 19.3. The minimum absolute atomic E-state index is 0.145. The van der Waals surface area contributed by atoms with Crippen molar-refractivity contribution in [2.24, 2.45) is 5.41 Å². The number of benzene rings is 1. The molecule has 1 atom stereocenters. The van der Waals surface area contributed by atoms with Crippen molar-refractivity contribution in [3.8, 4) is 5.75 Å². The zero-order chi connectivity index (χ0) is 17.8. The van der Waals surface area contributed by atoms with Crippen LogP contribution in [-0.2, 0) is 5.41 Å². The Balaban J connectivity index is 1.85. The second-order valence-electron chi connectivity index (χ2n) is 9.12. The standard InChI is InChI=1S/C21H35NO2/c1-20(2,3)16-21(4,5)17-8-10-19(11-9-17)24-15-18(23)14-22-12-6-7-13-22/h8-11,18,23H,6-7,12-16H2,1-5H3. The Bertz CT molecular complexity index is 496. The molecule has 136 valence electrons. The van der Waals surface area contributed by atoms with Crippen LogP contribution in [0.2, 0.25) is 0 Å². The van der Waals surface area contributed by atoms with E-state index in [1.54, 1.807) is 0 Å². The van der Waals surface area contributed by atoms with Gasteiger partial charge in [0.05, 0.1) is 0 Å². The summed E-state index contributed by atoms with van der Waals surface area (Å²) < 4.78 is 5.77. The van der Waals surface area contributed by atoms with E-state index in [1.165, 1.54) is 18.4 Å². The Kier molecular flexibility index (Phi) is 6.33. The molecule has 1 saturated heterocycles. The monoisotopic (exact) mass is 333 g/mol. The molecule has 0 radical (unpaired) electrons. The van der Waals surface area contributed by atoms with Gasteiger partial charge in [-0.25, -0.2) is 0 Å². The van der Waals surface area contributed by atoms with Crippen molar-refractivity contribution in [1.82, 2.24) is 4.90 Å². The molecular weight excluding hydrogens is 298 g/mol. The largest absolute Gasteiger partial charge is 0.491 e. The van der Waals surface area contributed by atoms with Crippen LogP contribution in [0, 0.1) is 5.41 Å². The van der Waals surface area contributed by atoms with E-state index in [2.05, 4.69) is 51.7 Å². The van der Waals surface area contributed by atoms with E-state index in [1.807, 2.05) is 12.1 Å². The Morgan fingerprint density at radius 1 is 1.04 bits per heavy atom. The molecule has 0 saturated carbocycles. The van der Waals surface area contributed by atoms with Gasteiger partial charge in [0.25, 0.3) is 0 Å². The second kappa shape index (κ2) is 7.88. The molecule has 1 aliphatic rings. The third-order valence-corrected chi connectivity index (χ3v) is 4.72. The number of ether oxygens (including phenoxy) is 1. The fourth-order valence-corrected chi connectivity index (χ4v) is 3.94. The minimum atomic E-state index is -0.417. The van der Waals surface area contributed by atoms with Crippen LogP contribution in [-0.4, -0.2) is 42.4 Å². The quantitative estimate of drug-likeness (QED) is 0.810. The van der Waals surface area contributed by atoms with Gasteiger partial charge in [0.2, 0.25) is 0 Å². The molecule has 1 N–H and O–H groups in total. The number of nitrogens with zero attached hydrogens (tertiary/aromatic N) is 1. The molecule has 1 aromatic rings. The number of hydrogen-bond donors (Lipinski definition) is 1. The van der Waals surface area contributed by atoms with E-state index in [4.69, 9.17) is 4.74 Å². The van der Waals surface area contributed by atoms with Crippen LogP contribution in [0.25, 0.3) is 0 Å². The van der Waals surface area contributed by atoms with Crippen molar-refractivity contribution in [2.75, 3.05) is 26.2 Å². The summed E-state index contributed by atoms with van der Waals surface area (Å²) in [5, 5.41) is 10.1. The number of aliphatic hydroxyl groups is 1. The van der Waals surface area contributed by atoms with E-state index >= 15 is 0 Å². The molecule has 1 heterocycles. The lowest BCUT2D eigenvalue weighted by Crippen LogP contribution is -2.33. The van der Waals surface area contributed by atoms with Gasteiger partial charge in [-0.3, -0.25) is 0 Å². The highest BCUT2D eigenvalue weighted by molar-refractivity contribution is 5.31. The van der Waals surface area contributed by atoms with E-state index in [0.29, 0.717) is 12.0 Å². The summed E-state index contributed by atoms with van der Waals surface area (Å²) in [6.07, 6.45) is 3.22. The molecule has 1 aromatic carbocycles. The summed E-state index contributed by atoms with van der Waals surface area (Å²) >= 11 is 0. The summed E-state index contributed by atoms with van der Waals surface area (Å²) in [5.74, 6) is 0.839. The maximum atomic E-state index is 10.1. The molecule has 0 aliphatic carbocycles. The lowest BCUT2D eigenvalue weighted by molar-refractivity contribution is 0.0758. The van der Waals surface area contributed by atoms with Crippen LogP contribution in [0.15, 0.2) is 24.3 Å². The van der Waals surface area contributed by atoms with Gasteiger partial charge >= 0.3 is 0 Å². The van der Waals surface area contributed by atoms with Gasteiger partial charge in [0, 0.05) is 6.54 Å². The molecule has 2 rings (SSSR count). The van der Waals surface area contributed by atoms with Crippen molar-refractivity contribution in [1.29, 1.82) is 0 Å². The molecule has 0 bridgehead atoms. The Morgan fingerprint density at radius 3 is 2.17 bits per heavy atom. The first-order valence-electron chi connectivity index (χ1n) is 9.29. The summed E-state index contributed by atoms with van der Waals surface area (Å²) in [7, 11) is 0. The van der Waals surface area contributed by atoms with E-state index in [-0.39, 0.29) is 5.41 Å². The van der Waals surface area contributed by atoms with E-state index in [0.717, 1.165) is 31.8 Å². The molecule has 3 heteroatoms. The Labute approximate surface area is 148 Å². The smallest absolute Gasteiger partial charge is 0.119 e. The molecular formula is C21H35NO2. The first-order valence-corrected chi connectivity index (χ1v) is 9.29. The van der Waals surface area contributed by atoms with Gasteiger partial charge in [0.15, 0.2) is 0 Å². The highest BCUT2D eigenvalue weighted by Gasteiger charge is 2.27. The fourth-order valence-electron chi connectivity index (χ4n) is 3.94. The Morgan fingerprint density at radius 2 is 1.62 bits per heavy atom. The number of hydrogen-bond acceptors (Lipinski definition) is 3. The van der Waals surface area contributed by atoms with Gasteiger partial charge in [0.1, 0.15) is 18.5 Å². The number of aliphatic hydroxyl groups excluding tert-OH is 1. The van der Waals surface area contributed by atoms with Gasteiger partial charge < -0.3 is 14.7 Å². The summed E-state index contributed by atoms with van der Waals surface area (Å²) in [5.41, 5.74) is 1.78. The van der Waals surface area contributed by atoms with Crippen molar-refractivity contribution in [2.45, 2.75) is 65.4 Å². The zero-order valence-electron chi connectivity index (χ0n) is 16.1. The van der Waals surface area contributed by atoms with Crippen LogP contribution in [0.5, 0.6) is 5.75 Å². The predicted octanol–water partition coefficient (Wildman–Crippen LogP) is 4.24. The van der Waals surface area contributed by atoms with E-state index in [9.17, 15) is 5.11 Å². The maximum absolute atomic E-state index is 10.1. The lowest BCUT2D eigenvalue weighted by atomic mass is 9.72. The lowest BCUT2D eigenvalue weighted by Gasteiger charge is -2.33. The SMILES string of the molecule is CC(C)(C)CC(C)(C)c1ccc(OCC(O)CN2CCCC2)cc1. The predicted molar refractivity (Wildman–Crippen MR) is 101 cm³/mol. The maximum Gasteiger partial charge on any atom is 0.119 e. The molecule has 0 aromatic heterocycles. The van der Waals surface area contributed by atoms with Crippen molar-refractivity contribution in [3.63, 3.8) is 0 Å². The first-order chi connectivity index (χ1) is 11.2. The number of β-amino-alcohol motifs (C(OH)–C–C–N with tert-alkyl or cyclic N) is 1. The topological polar surface area (TPSA) is 32.7 Å². The second-order valence-corrected chi connectivity index (χ2v) is 9.12. The van der Waals surface area contributed by atoms with Gasteiger partial charge in [-0.1, -0.05) is 46.8 Å². The van der Waals surface area contributed by atoms with Crippen LogP contribution in [0.3, 0.4) is 0 Å².